The van der Waals surface area contributed by atoms with E-state index >= 15 is 0 Å². The van der Waals surface area contributed by atoms with Crippen molar-refractivity contribution in [3.05, 3.63) is 90.3 Å². The fraction of sp³-hybridized carbons (Fsp3) is 0.0625. The van der Waals surface area contributed by atoms with Crippen molar-refractivity contribution in [2.24, 2.45) is 0 Å². The molecule has 4 nitrogen and oxygen atoms in total. The van der Waals surface area contributed by atoms with E-state index in [0.717, 1.165) is 34.4 Å². The lowest BCUT2D eigenvalue weighted by molar-refractivity contribution is 1.24. The maximum atomic E-state index is 5.13. The molecule has 37 heavy (non-hydrogen) atoms. The minimum Gasteiger partial charge on any atom is -0.244 e. The zero-order chi connectivity index (χ0) is 24.3. The molecule has 4 aromatic carbocycles. The number of rotatable bonds is 4. The van der Waals surface area contributed by atoms with Gasteiger partial charge in [-0.2, -0.15) is 0 Å². The highest BCUT2D eigenvalue weighted by Crippen LogP contribution is 2.49. The highest BCUT2D eigenvalue weighted by molar-refractivity contribution is 7.72. The minimum absolute atomic E-state index is 0.427. The lowest BCUT2D eigenvalue weighted by Crippen LogP contribution is -2.15. The van der Waals surface area contributed by atoms with Crippen LogP contribution < -0.4 is 14.6 Å². The second-order valence-corrected chi connectivity index (χ2v) is 12.0. The lowest BCUT2D eigenvalue weighted by atomic mass is 10.0. The molecule has 5 heteroatoms. The molecule has 0 saturated heterocycles. The molecule has 8 rings (SSSR count). The van der Waals surface area contributed by atoms with Crippen molar-refractivity contribution in [1.82, 2.24) is 19.3 Å². The quantitative estimate of drug-likeness (QED) is 0.248. The summed E-state index contributed by atoms with van der Waals surface area (Å²) in [5, 5.41) is 5.15. The molecule has 0 saturated carbocycles. The van der Waals surface area contributed by atoms with Crippen LogP contribution in [0.5, 0.6) is 0 Å². The van der Waals surface area contributed by atoms with E-state index in [1.165, 1.54) is 38.1 Å². The summed E-state index contributed by atoms with van der Waals surface area (Å²) in [5.41, 5.74) is 8.93. The average Bonchev–Trinajstić information content (AvgIpc) is 3.72. The number of hydrogen-bond donors (Lipinski definition) is 0. The predicted octanol–water partition coefficient (Wildman–Crippen LogP) is 5.29. The minimum atomic E-state index is -0.532. The molecule has 0 N–H and O–H groups in total. The fourth-order valence-corrected chi connectivity index (χ4v) is 8.15. The number of allylic oxidation sites excluding steroid dienone is 2. The molecule has 1 aromatic heterocycles. The molecule has 5 aromatic rings. The van der Waals surface area contributed by atoms with Crippen LogP contribution >= 0.6 is 7.92 Å². The first-order valence-electron chi connectivity index (χ1n) is 12.5. The molecule has 2 atom stereocenters. The van der Waals surface area contributed by atoms with Gasteiger partial charge in [0.25, 0.3) is 18.6 Å². The Labute approximate surface area is 215 Å². The largest absolute Gasteiger partial charge is 0.300 e. The summed E-state index contributed by atoms with van der Waals surface area (Å²) in [4.78, 5) is 10.2. The zero-order valence-corrected chi connectivity index (χ0v) is 20.8. The van der Waals surface area contributed by atoms with E-state index in [1.54, 1.807) is 0 Å². The highest BCUT2D eigenvalue weighted by Gasteiger charge is 2.33. The Kier molecular flexibility index (Phi) is 4.50. The van der Waals surface area contributed by atoms with Crippen LogP contribution in [-0.2, 0) is 0 Å². The van der Waals surface area contributed by atoms with Gasteiger partial charge in [-0.15, -0.1) is 9.34 Å². The van der Waals surface area contributed by atoms with Gasteiger partial charge in [0, 0.05) is 22.6 Å². The Morgan fingerprint density at radius 2 is 1.51 bits per heavy atom. The molecule has 0 spiro atoms. The molecule has 0 bridgehead atoms. The van der Waals surface area contributed by atoms with Gasteiger partial charge in [-0.25, -0.2) is 9.97 Å². The Bertz CT molecular complexity index is 1930. The van der Waals surface area contributed by atoms with E-state index in [4.69, 9.17) is 9.97 Å². The van der Waals surface area contributed by atoms with Gasteiger partial charge < -0.3 is 0 Å². The van der Waals surface area contributed by atoms with Gasteiger partial charge in [0.1, 0.15) is 0 Å². The summed E-state index contributed by atoms with van der Waals surface area (Å²) in [6.07, 6.45) is 11.2. The summed E-state index contributed by atoms with van der Waals surface area (Å²) in [5.74, 6) is 0. The molecule has 0 amide bonds. The van der Waals surface area contributed by atoms with Crippen LogP contribution in [-0.4, -0.2) is 40.5 Å². The maximum Gasteiger partial charge on any atom is 0.300 e. The van der Waals surface area contributed by atoms with Crippen LogP contribution in [0.25, 0.3) is 55.4 Å². The summed E-state index contributed by atoms with van der Waals surface area (Å²) in [6.45, 7) is 0. The van der Waals surface area contributed by atoms with Crippen LogP contribution in [0.15, 0.2) is 90.3 Å². The second-order valence-electron chi connectivity index (χ2n) is 9.55. The Balaban J connectivity index is 1.18. The Hall–Kier alpha value is -4.45. The number of benzene rings is 4. The van der Waals surface area contributed by atoms with Crippen LogP contribution in [0, 0.1) is 0 Å². The van der Waals surface area contributed by atoms with Crippen molar-refractivity contribution >= 4 is 59.9 Å². The fourth-order valence-electron chi connectivity index (χ4n) is 5.68. The van der Waals surface area contributed by atoms with Gasteiger partial charge in [-0.05, 0) is 41.9 Å². The first-order valence-corrected chi connectivity index (χ1v) is 13.9. The normalized spacial score (nSPS) is 17.2. The van der Waals surface area contributed by atoms with Crippen molar-refractivity contribution in [2.75, 3.05) is 0 Å². The van der Waals surface area contributed by atoms with Crippen molar-refractivity contribution in [3.63, 3.8) is 0 Å². The average molecular weight is 493 g/mol. The molecule has 2 aliphatic heterocycles. The number of aromatic nitrogens is 2. The van der Waals surface area contributed by atoms with Gasteiger partial charge in [-0.3, -0.25) is 0 Å². The molecular weight excluding hydrogens is 471 g/mol. The third kappa shape index (κ3) is 3.22. The van der Waals surface area contributed by atoms with Gasteiger partial charge in [0.05, 0.1) is 39.8 Å². The first kappa shape index (κ1) is 20.7. The van der Waals surface area contributed by atoms with Gasteiger partial charge in [0.2, 0.25) is 0 Å². The topological polar surface area (TPSA) is 54.0 Å². The van der Waals surface area contributed by atoms with E-state index in [0.29, 0.717) is 5.66 Å². The molecule has 0 fully saturated rings. The number of nitrogens with zero attached hydrogens (tertiary/aromatic N) is 4. The molecule has 2 unspecified atom stereocenters. The number of fused-ring (bicyclic) bond motifs is 4. The summed E-state index contributed by atoms with van der Waals surface area (Å²) < 4.78 is 8.73. The van der Waals surface area contributed by atoms with Crippen LogP contribution in [0.2, 0.25) is 0 Å². The molecular formula is C32H21N4P+2. The molecule has 3 heterocycles. The Morgan fingerprint density at radius 1 is 0.757 bits per heavy atom. The van der Waals surface area contributed by atoms with E-state index in [2.05, 4.69) is 100 Å². The third-order valence-electron chi connectivity index (χ3n) is 7.42. The monoisotopic (exact) mass is 492 g/mol. The summed E-state index contributed by atoms with van der Waals surface area (Å²) >= 11 is 0. The summed E-state index contributed by atoms with van der Waals surface area (Å²) in [7, 11) is -0.532. The third-order valence-corrected chi connectivity index (χ3v) is 10.1. The molecule has 3 aliphatic rings. The predicted molar refractivity (Wildman–Crippen MR) is 158 cm³/mol. The van der Waals surface area contributed by atoms with E-state index in [9.17, 15) is 0 Å². The van der Waals surface area contributed by atoms with E-state index in [1.807, 2.05) is 18.6 Å². The zero-order valence-electron chi connectivity index (χ0n) is 19.9. The van der Waals surface area contributed by atoms with Crippen LogP contribution in [0.4, 0.5) is 0 Å². The lowest BCUT2D eigenvalue weighted by Gasteiger charge is -2.18. The van der Waals surface area contributed by atoms with Crippen molar-refractivity contribution in [1.29, 1.82) is 0 Å². The van der Waals surface area contributed by atoms with E-state index < -0.39 is 7.92 Å². The van der Waals surface area contributed by atoms with Crippen LogP contribution in [0.1, 0.15) is 6.42 Å². The molecule has 172 valence electrons. The second kappa shape index (κ2) is 8.03. The first-order chi connectivity index (χ1) is 18.3. The van der Waals surface area contributed by atoms with Crippen LogP contribution in [0.3, 0.4) is 0 Å². The highest BCUT2D eigenvalue weighted by atomic mass is 31.1. The molecule has 0 radical (unpaired) electrons. The van der Waals surface area contributed by atoms with Gasteiger partial charge in [-0.1, -0.05) is 66.7 Å². The number of hydrogen-bond acceptors (Lipinski definition) is 2. The maximum absolute atomic E-state index is 5.13. The van der Waals surface area contributed by atoms with E-state index in [-0.39, 0.29) is 0 Å². The smallest absolute Gasteiger partial charge is 0.244 e. The van der Waals surface area contributed by atoms with Crippen molar-refractivity contribution < 1.29 is 0 Å². The van der Waals surface area contributed by atoms with Crippen molar-refractivity contribution in [2.45, 2.75) is 12.1 Å². The standard InChI is InChI=1S/C32H21N4P/c1-3-21-4-2-6-27-30(21)26(5-1)31-32(27)36-29-17-22(9-12-28(29)35-31)20-7-10-23(11-8-20)37(24-13-15-33-18-24)25-14-16-34-19-25/h1-13,15-19,25H,14H2/q+2. The van der Waals surface area contributed by atoms with Gasteiger partial charge in [0.15, 0.2) is 0 Å². The van der Waals surface area contributed by atoms with Gasteiger partial charge >= 0.3 is 6.21 Å². The van der Waals surface area contributed by atoms with Crippen molar-refractivity contribution in [3.8, 4) is 33.6 Å². The molecule has 1 aliphatic carbocycles. The SMILES string of the molecule is C1=[N+]=CC(P(c2ccc(-c3ccc4nc5c(nc4c3)-c3cccc4cccc-5c34)cc2)C2C=[N+]=CC2)=C1. The Morgan fingerprint density at radius 3 is 2.22 bits per heavy atom. The summed E-state index contributed by atoms with van der Waals surface area (Å²) in [6, 6.07) is 28.3.